The first kappa shape index (κ1) is 18.9. The van der Waals surface area contributed by atoms with Crippen LogP contribution in [0.4, 0.5) is 25.8 Å². The standard InChI is InChI=1S/C21H23F2N3O/c1-3-10-26(11-4-2)19-9-8-14(12-17(19)23)24-13-15-20-16(22)6-5-7-18(20)25-21(15)27/h5-9,12-13,24H,3-4,10-11H2,1-2H3,(H,25,27). The third-order valence-electron chi connectivity index (χ3n) is 4.43. The summed E-state index contributed by atoms with van der Waals surface area (Å²) in [6.07, 6.45) is 3.28. The van der Waals surface area contributed by atoms with Crippen molar-refractivity contribution in [2.45, 2.75) is 26.7 Å². The Morgan fingerprint density at radius 1 is 1.07 bits per heavy atom. The SMILES string of the molecule is CCCN(CCC)c1ccc(NC=C2C(=O)Nc3cccc(F)c32)cc1F. The highest BCUT2D eigenvalue weighted by molar-refractivity contribution is 6.31. The predicted octanol–water partition coefficient (Wildman–Crippen LogP) is 5.00. The van der Waals surface area contributed by atoms with E-state index >= 15 is 0 Å². The van der Waals surface area contributed by atoms with Gasteiger partial charge in [0.05, 0.1) is 16.9 Å². The van der Waals surface area contributed by atoms with Crippen LogP contribution < -0.4 is 15.5 Å². The summed E-state index contributed by atoms with van der Waals surface area (Å²) in [5.41, 5.74) is 1.90. The summed E-state index contributed by atoms with van der Waals surface area (Å²) in [4.78, 5) is 14.1. The third kappa shape index (κ3) is 3.94. The highest BCUT2D eigenvalue weighted by atomic mass is 19.1. The highest BCUT2D eigenvalue weighted by Gasteiger charge is 2.27. The van der Waals surface area contributed by atoms with Gasteiger partial charge in [-0.05, 0) is 43.2 Å². The molecule has 0 saturated carbocycles. The van der Waals surface area contributed by atoms with Crippen LogP contribution in [0.5, 0.6) is 0 Å². The Morgan fingerprint density at radius 3 is 2.48 bits per heavy atom. The van der Waals surface area contributed by atoms with Crippen LogP contribution in [-0.4, -0.2) is 19.0 Å². The van der Waals surface area contributed by atoms with E-state index in [1.165, 1.54) is 24.4 Å². The van der Waals surface area contributed by atoms with Crippen molar-refractivity contribution in [3.8, 4) is 0 Å². The second-order valence-electron chi connectivity index (χ2n) is 6.47. The number of fused-ring (bicyclic) bond motifs is 1. The normalized spacial score (nSPS) is 14.2. The Morgan fingerprint density at radius 2 is 1.81 bits per heavy atom. The first-order chi connectivity index (χ1) is 13.0. The van der Waals surface area contributed by atoms with Crippen LogP contribution in [0.2, 0.25) is 0 Å². The topological polar surface area (TPSA) is 44.4 Å². The van der Waals surface area contributed by atoms with Crippen LogP contribution in [0.15, 0.2) is 42.6 Å². The van der Waals surface area contributed by atoms with E-state index in [-0.39, 0.29) is 17.0 Å². The molecule has 0 bridgehead atoms. The van der Waals surface area contributed by atoms with E-state index in [1.54, 1.807) is 18.2 Å². The molecule has 0 fully saturated rings. The van der Waals surface area contributed by atoms with E-state index in [9.17, 15) is 13.6 Å². The smallest absolute Gasteiger partial charge is 0.257 e. The van der Waals surface area contributed by atoms with Gasteiger partial charge in [-0.3, -0.25) is 4.79 Å². The van der Waals surface area contributed by atoms with Gasteiger partial charge in [0.25, 0.3) is 5.91 Å². The lowest BCUT2D eigenvalue weighted by Crippen LogP contribution is -2.25. The number of hydrogen-bond acceptors (Lipinski definition) is 3. The van der Waals surface area contributed by atoms with Gasteiger partial charge in [-0.1, -0.05) is 19.9 Å². The third-order valence-corrected chi connectivity index (χ3v) is 4.43. The number of benzene rings is 2. The molecule has 1 heterocycles. The van der Waals surface area contributed by atoms with Crippen molar-refractivity contribution in [1.82, 2.24) is 0 Å². The van der Waals surface area contributed by atoms with E-state index in [2.05, 4.69) is 24.5 Å². The highest BCUT2D eigenvalue weighted by Crippen LogP contribution is 2.33. The van der Waals surface area contributed by atoms with Gasteiger partial charge in [-0.2, -0.15) is 0 Å². The second-order valence-corrected chi connectivity index (χ2v) is 6.47. The monoisotopic (exact) mass is 371 g/mol. The van der Waals surface area contributed by atoms with E-state index in [1.807, 2.05) is 4.90 Å². The van der Waals surface area contributed by atoms with Crippen molar-refractivity contribution < 1.29 is 13.6 Å². The molecule has 142 valence electrons. The van der Waals surface area contributed by atoms with Crippen LogP contribution >= 0.6 is 0 Å². The fourth-order valence-electron chi connectivity index (χ4n) is 3.24. The maximum Gasteiger partial charge on any atom is 0.257 e. The van der Waals surface area contributed by atoms with Crippen LogP contribution in [0.25, 0.3) is 5.57 Å². The molecule has 2 N–H and O–H groups in total. The maximum atomic E-state index is 14.6. The average Bonchev–Trinajstić information content (AvgIpc) is 2.96. The molecule has 3 rings (SSSR count). The fraction of sp³-hybridized carbons (Fsp3) is 0.286. The predicted molar refractivity (Wildman–Crippen MR) is 106 cm³/mol. The Labute approximate surface area is 157 Å². The van der Waals surface area contributed by atoms with Crippen molar-refractivity contribution in [1.29, 1.82) is 0 Å². The molecule has 27 heavy (non-hydrogen) atoms. The molecule has 1 aliphatic heterocycles. The molecule has 0 aromatic heterocycles. The number of hydrogen-bond donors (Lipinski definition) is 2. The quantitative estimate of drug-likeness (QED) is 0.674. The number of rotatable bonds is 7. The minimum Gasteiger partial charge on any atom is -0.369 e. The summed E-state index contributed by atoms with van der Waals surface area (Å²) < 4.78 is 28.7. The van der Waals surface area contributed by atoms with Gasteiger partial charge < -0.3 is 15.5 Å². The molecule has 2 aromatic rings. The van der Waals surface area contributed by atoms with Crippen molar-refractivity contribution >= 4 is 28.5 Å². The number of nitrogens with zero attached hydrogens (tertiary/aromatic N) is 1. The summed E-state index contributed by atoms with van der Waals surface area (Å²) in [5.74, 6) is -1.20. The Bertz CT molecular complexity index is 874. The molecule has 1 amide bonds. The summed E-state index contributed by atoms with van der Waals surface area (Å²) in [6, 6.07) is 9.35. The molecule has 6 heteroatoms. The van der Waals surface area contributed by atoms with Gasteiger partial charge in [0.15, 0.2) is 0 Å². The molecule has 0 unspecified atom stereocenters. The zero-order valence-corrected chi connectivity index (χ0v) is 15.5. The van der Waals surface area contributed by atoms with Gasteiger partial charge in [0.2, 0.25) is 0 Å². The Kier molecular flexibility index (Phi) is 5.74. The summed E-state index contributed by atoms with van der Waals surface area (Å²) in [7, 11) is 0. The molecule has 0 radical (unpaired) electrons. The fourth-order valence-corrected chi connectivity index (χ4v) is 3.24. The van der Waals surface area contributed by atoms with E-state index in [0.29, 0.717) is 17.1 Å². The zero-order valence-electron chi connectivity index (χ0n) is 15.5. The molecule has 0 spiro atoms. The average molecular weight is 371 g/mol. The number of carbonyl (C=O) groups excluding carboxylic acids is 1. The Balaban J connectivity index is 1.82. The van der Waals surface area contributed by atoms with Crippen LogP contribution in [0, 0.1) is 11.6 Å². The van der Waals surface area contributed by atoms with Crippen molar-refractivity contribution in [2.75, 3.05) is 28.6 Å². The molecule has 0 saturated heterocycles. The number of nitrogens with one attached hydrogen (secondary N) is 2. The number of amides is 1. The molecule has 4 nitrogen and oxygen atoms in total. The van der Waals surface area contributed by atoms with Gasteiger partial charge in [0, 0.05) is 30.5 Å². The first-order valence-corrected chi connectivity index (χ1v) is 9.16. The molecule has 0 aliphatic carbocycles. The Hall–Kier alpha value is -2.89. The van der Waals surface area contributed by atoms with Gasteiger partial charge in [-0.15, -0.1) is 0 Å². The molecule has 1 aliphatic rings. The minimum absolute atomic E-state index is 0.186. The molecule has 0 atom stereocenters. The van der Waals surface area contributed by atoms with Gasteiger partial charge in [0.1, 0.15) is 11.6 Å². The number of carbonyl (C=O) groups is 1. The van der Waals surface area contributed by atoms with Crippen molar-refractivity contribution in [3.05, 3.63) is 59.8 Å². The molecule has 2 aromatic carbocycles. The van der Waals surface area contributed by atoms with Crippen molar-refractivity contribution in [2.24, 2.45) is 0 Å². The number of anilines is 3. The van der Waals surface area contributed by atoms with Crippen LogP contribution in [0.3, 0.4) is 0 Å². The zero-order chi connectivity index (χ0) is 19.4. The molecular formula is C21H23F2N3O. The number of halogens is 2. The van der Waals surface area contributed by atoms with Crippen molar-refractivity contribution in [3.63, 3.8) is 0 Å². The second kappa shape index (κ2) is 8.20. The van der Waals surface area contributed by atoms with E-state index < -0.39 is 11.7 Å². The van der Waals surface area contributed by atoms with E-state index in [0.717, 1.165) is 25.9 Å². The van der Waals surface area contributed by atoms with Gasteiger partial charge >= 0.3 is 0 Å². The first-order valence-electron chi connectivity index (χ1n) is 9.16. The lowest BCUT2D eigenvalue weighted by molar-refractivity contribution is -0.110. The summed E-state index contributed by atoms with van der Waals surface area (Å²) >= 11 is 0. The minimum atomic E-state index is -0.477. The molecular weight excluding hydrogens is 348 g/mol. The van der Waals surface area contributed by atoms with Gasteiger partial charge in [-0.25, -0.2) is 8.78 Å². The van der Waals surface area contributed by atoms with Crippen LogP contribution in [0.1, 0.15) is 32.3 Å². The largest absolute Gasteiger partial charge is 0.369 e. The maximum absolute atomic E-state index is 14.6. The van der Waals surface area contributed by atoms with Crippen LogP contribution in [-0.2, 0) is 4.79 Å². The summed E-state index contributed by atoms with van der Waals surface area (Å²) in [6.45, 7) is 5.70. The lowest BCUT2D eigenvalue weighted by Gasteiger charge is -2.24. The van der Waals surface area contributed by atoms with E-state index in [4.69, 9.17) is 0 Å². The summed E-state index contributed by atoms with van der Waals surface area (Å²) in [5, 5.41) is 5.53. The lowest BCUT2D eigenvalue weighted by atomic mass is 10.1.